The zero-order chi connectivity index (χ0) is 18.4. The second-order valence-corrected chi connectivity index (χ2v) is 5.62. The summed E-state index contributed by atoms with van der Waals surface area (Å²) in [5.74, 6) is 0.504. The second-order valence-electron chi connectivity index (χ2n) is 4.76. The van der Waals surface area contributed by atoms with Crippen LogP contribution in [0.2, 0.25) is 0 Å². The van der Waals surface area contributed by atoms with E-state index in [1.54, 1.807) is 18.2 Å². The highest BCUT2D eigenvalue weighted by molar-refractivity contribution is 9.10. The highest BCUT2D eigenvalue weighted by Crippen LogP contribution is 2.23. The van der Waals surface area contributed by atoms with Crippen molar-refractivity contribution in [1.82, 2.24) is 5.43 Å². The van der Waals surface area contributed by atoms with E-state index in [1.165, 1.54) is 38.6 Å². The lowest BCUT2D eigenvalue weighted by molar-refractivity contribution is -0.384. The Bertz CT molecular complexity index is 816. The highest BCUT2D eigenvalue weighted by Gasteiger charge is 2.10. The second kappa shape index (κ2) is 8.25. The van der Waals surface area contributed by atoms with Gasteiger partial charge in [0.2, 0.25) is 0 Å². The minimum atomic E-state index is -0.496. The number of ether oxygens (including phenoxy) is 2. The lowest BCUT2D eigenvalue weighted by Gasteiger charge is -2.07. The third kappa shape index (κ3) is 4.77. The van der Waals surface area contributed by atoms with E-state index in [2.05, 4.69) is 26.5 Å². The average molecular weight is 408 g/mol. The van der Waals surface area contributed by atoms with Crippen LogP contribution in [-0.2, 0) is 0 Å². The molecule has 0 saturated heterocycles. The molecule has 0 aliphatic carbocycles. The Morgan fingerprint density at radius 1 is 1.20 bits per heavy atom. The molecular weight excluding hydrogens is 394 g/mol. The van der Waals surface area contributed by atoms with Crippen LogP contribution in [-0.4, -0.2) is 31.3 Å². The minimum Gasteiger partial charge on any atom is -0.497 e. The van der Waals surface area contributed by atoms with E-state index < -0.39 is 10.8 Å². The fourth-order valence-corrected chi connectivity index (χ4v) is 2.37. The maximum Gasteiger partial charge on any atom is 0.271 e. The summed E-state index contributed by atoms with van der Waals surface area (Å²) in [7, 11) is 2.97. The molecule has 8 nitrogen and oxygen atoms in total. The number of hydrogen-bond donors (Lipinski definition) is 1. The predicted octanol–water partition coefficient (Wildman–Crippen LogP) is 3.14. The van der Waals surface area contributed by atoms with E-state index in [4.69, 9.17) is 9.47 Å². The van der Waals surface area contributed by atoms with E-state index in [0.717, 1.165) is 0 Å². The molecule has 0 spiro atoms. The standard InChI is InChI=1S/C16H14BrN3O5/c1-24-13-5-11(6-14(8-13)25-2)16(21)19-18-9-10-3-4-12(20(22)23)7-15(10)17/h3-9H,1-2H3,(H,19,21)/b18-9-. The molecule has 0 bridgehead atoms. The fraction of sp³-hybridized carbons (Fsp3) is 0.125. The van der Waals surface area contributed by atoms with Gasteiger partial charge in [-0.15, -0.1) is 0 Å². The first kappa shape index (κ1) is 18.4. The molecule has 0 aliphatic rings. The number of nitro groups is 1. The van der Waals surface area contributed by atoms with E-state index in [0.29, 0.717) is 27.1 Å². The normalized spacial score (nSPS) is 10.5. The van der Waals surface area contributed by atoms with Gasteiger partial charge in [0, 0.05) is 33.8 Å². The SMILES string of the molecule is COc1cc(OC)cc(C(=O)N/N=C\c2ccc([N+](=O)[O-])cc2Br)c1. The van der Waals surface area contributed by atoms with Gasteiger partial charge in [0.25, 0.3) is 11.6 Å². The molecule has 0 aliphatic heterocycles. The monoisotopic (exact) mass is 407 g/mol. The van der Waals surface area contributed by atoms with Crippen LogP contribution in [0.4, 0.5) is 5.69 Å². The van der Waals surface area contributed by atoms with Crippen LogP contribution in [0.5, 0.6) is 11.5 Å². The van der Waals surface area contributed by atoms with Gasteiger partial charge in [-0.3, -0.25) is 14.9 Å². The quantitative estimate of drug-likeness (QED) is 0.450. The Hall–Kier alpha value is -2.94. The van der Waals surface area contributed by atoms with Crippen molar-refractivity contribution in [2.75, 3.05) is 14.2 Å². The third-order valence-electron chi connectivity index (χ3n) is 3.18. The summed E-state index contributed by atoms with van der Waals surface area (Å²) in [6.07, 6.45) is 1.38. The average Bonchev–Trinajstić information content (AvgIpc) is 2.62. The fourth-order valence-electron chi connectivity index (χ4n) is 1.90. The van der Waals surface area contributed by atoms with Crippen LogP contribution in [0.25, 0.3) is 0 Å². The number of amides is 1. The number of nitrogens with zero attached hydrogens (tertiary/aromatic N) is 2. The van der Waals surface area contributed by atoms with Crippen LogP contribution in [0.15, 0.2) is 46.0 Å². The minimum absolute atomic E-state index is 0.0449. The van der Waals surface area contributed by atoms with Gasteiger partial charge in [-0.1, -0.05) is 0 Å². The Morgan fingerprint density at radius 3 is 2.36 bits per heavy atom. The summed E-state index contributed by atoms with van der Waals surface area (Å²) in [5.41, 5.74) is 3.23. The van der Waals surface area contributed by atoms with Crippen LogP contribution in [0.1, 0.15) is 15.9 Å². The zero-order valence-corrected chi connectivity index (χ0v) is 14.9. The third-order valence-corrected chi connectivity index (χ3v) is 3.86. The molecule has 130 valence electrons. The van der Waals surface area contributed by atoms with Crippen molar-refractivity contribution in [3.8, 4) is 11.5 Å². The van der Waals surface area contributed by atoms with Gasteiger partial charge >= 0.3 is 0 Å². The molecule has 9 heteroatoms. The lowest BCUT2D eigenvalue weighted by atomic mass is 10.2. The van der Waals surface area contributed by atoms with E-state index in [1.807, 2.05) is 0 Å². The van der Waals surface area contributed by atoms with Crippen molar-refractivity contribution >= 4 is 33.7 Å². The Balaban J connectivity index is 2.12. The molecule has 1 N–H and O–H groups in total. The van der Waals surface area contributed by atoms with Crippen LogP contribution < -0.4 is 14.9 Å². The summed E-state index contributed by atoms with van der Waals surface area (Å²) >= 11 is 3.22. The number of nitrogens with one attached hydrogen (secondary N) is 1. The number of non-ortho nitro benzene ring substituents is 1. The molecule has 0 atom stereocenters. The molecule has 0 radical (unpaired) electrons. The molecule has 0 saturated carbocycles. The number of nitro benzene ring substituents is 1. The summed E-state index contributed by atoms with van der Waals surface area (Å²) in [5, 5.41) is 14.6. The number of carbonyl (C=O) groups excluding carboxylic acids is 1. The van der Waals surface area contributed by atoms with Crippen molar-refractivity contribution < 1.29 is 19.2 Å². The molecule has 25 heavy (non-hydrogen) atoms. The molecule has 0 aromatic heterocycles. The van der Waals surface area contributed by atoms with Crippen LogP contribution in [0.3, 0.4) is 0 Å². The Kier molecular flexibility index (Phi) is 6.07. The molecular formula is C16H14BrN3O5. The van der Waals surface area contributed by atoms with Gasteiger partial charge in [0.05, 0.1) is 25.4 Å². The topological polar surface area (TPSA) is 103 Å². The number of benzene rings is 2. The van der Waals surface area contributed by atoms with Gasteiger partial charge in [-0.25, -0.2) is 5.43 Å². The number of hydrogen-bond acceptors (Lipinski definition) is 6. The summed E-state index contributed by atoms with van der Waals surface area (Å²) in [4.78, 5) is 22.4. The van der Waals surface area contributed by atoms with Crippen molar-refractivity contribution in [3.05, 3.63) is 62.1 Å². The first-order chi connectivity index (χ1) is 11.9. The van der Waals surface area contributed by atoms with Gasteiger partial charge in [-0.2, -0.15) is 5.10 Å². The number of halogens is 1. The zero-order valence-electron chi connectivity index (χ0n) is 13.4. The van der Waals surface area contributed by atoms with Gasteiger partial charge in [0.15, 0.2) is 0 Å². The summed E-state index contributed by atoms with van der Waals surface area (Å²) in [6, 6.07) is 8.97. The molecule has 2 aromatic rings. The van der Waals surface area contributed by atoms with Gasteiger partial charge < -0.3 is 9.47 Å². The summed E-state index contributed by atoms with van der Waals surface area (Å²) in [6.45, 7) is 0. The molecule has 2 aromatic carbocycles. The number of carbonyl (C=O) groups is 1. The van der Waals surface area contributed by atoms with Crippen molar-refractivity contribution in [2.24, 2.45) is 5.10 Å². The Morgan fingerprint density at radius 2 is 1.84 bits per heavy atom. The first-order valence-corrected chi connectivity index (χ1v) is 7.74. The number of methoxy groups -OCH3 is 2. The van der Waals surface area contributed by atoms with Crippen LogP contribution in [0, 0.1) is 10.1 Å². The van der Waals surface area contributed by atoms with E-state index >= 15 is 0 Å². The lowest BCUT2D eigenvalue weighted by Crippen LogP contribution is -2.17. The highest BCUT2D eigenvalue weighted by atomic mass is 79.9. The smallest absolute Gasteiger partial charge is 0.271 e. The van der Waals surface area contributed by atoms with Crippen molar-refractivity contribution in [2.45, 2.75) is 0 Å². The van der Waals surface area contributed by atoms with Gasteiger partial charge in [-0.05, 0) is 34.1 Å². The number of rotatable bonds is 6. The number of hydrazone groups is 1. The van der Waals surface area contributed by atoms with E-state index in [9.17, 15) is 14.9 Å². The molecule has 1 amide bonds. The largest absolute Gasteiger partial charge is 0.497 e. The maximum atomic E-state index is 12.2. The van der Waals surface area contributed by atoms with Gasteiger partial charge in [0.1, 0.15) is 11.5 Å². The Labute approximate surface area is 151 Å². The van der Waals surface area contributed by atoms with Crippen LogP contribution >= 0.6 is 15.9 Å². The predicted molar refractivity (Wildman–Crippen MR) is 95.4 cm³/mol. The van der Waals surface area contributed by atoms with Crippen molar-refractivity contribution in [3.63, 3.8) is 0 Å². The molecule has 2 rings (SSSR count). The summed E-state index contributed by atoms with van der Waals surface area (Å²) < 4.78 is 10.7. The molecule has 0 unspecified atom stereocenters. The van der Waals surface area contributed by atoms with Crippen molar-refractivity contribution in [1.29, 1.82) is 0 Å². The maximum absolute atomic E-state index is 12.2. The molecule has 0 fully saturated rings. The first-order valence-electron chi connectivity index (χ1n) is 6.95. The molecule has 0 heterocycles. The van der Waals surface area contributed by atoms with E-state index in [-0.39, 0.29) is 5.69 Å².